The maximum Gasteiger partial charge on any atom is 0.319 e. The maximum absolute atomic E-state index is 11.9. The molecule has 3 N–H and O–H groups in total. The topological polar surface area (TPSA) is 105 Å². The van der Waals surface area contributed by atoms with E-state index in [0.717, 1.165) is 0 Å². The Morgan fingerprint density at radius 1 is 1.35 bits per heavy atom. The summed E-state index contributed by atoms with van der Waals surface area (Å²) in [4.78, 5) is 27.7. The van der Waals surface area contributed by atoms with Crippen molar-refractivity contribution >= 4 is 17.6 Å². The average Bonchev–Trinajstić information content (AvgIpc) is 3.06. The van der Waals surface area contributed by atoms with Crippen LogP contribution in [-0.4, -0.2) is 30.1 Å². The number of pyridine rings is 1. The summed E-state index contributed by atoms with van der Waals surface area (Å²) >= 11 is 0. The zero-order chi connectivity index (χ0) is 16.7. The molecule has 0 saturated heterocycles. The van der Waals surface area contributed by atoms with Crippen LogP contribution in [0.25, 0.3) is 0 Å². The Hall–Kier alpha value is -3.03. The number of hydrogen-bond acceptors (Lipinski definition) is 5. The Kier molecular flexibility index (Phi) is 5.56. The molecule has 23 heavy (non-hydrogen) atoms. The van der Waals surface area contributed by atoms with Gasteiger partial charge < -0.3 is 25.1 Å². The lowest BCUT2D eigenvalue weighted by Gasteiger charge is -2.14. The smallest absolute Gasteiger partial charge is 0.319 e. The van der Waals surface area contributed by atoms with Crippen molar-refractivity contribution in [1.29, 1.82) is 0 Å². The monoisotopic (exact) mass is 318 g/mol. The minimum Gasteiger partial charge on any atom is -0.481 e. The molecule has 0 aliphatic rings. The molecule has 0 spiro atoms. The van der Waals surface area contributed by atoms with Crippen molar-refractivity contribution in [2.75, 3.05) is 12.4 Å². The third kappa shape index (κ3) is 5.03. The first-order valence-corrected chi connectivity index (χ1v) is 6.96. The highest BCUT2D eigenvalue weighted by Crippen LogP contribution is 2.10. The number of amides is 3. The molecule has 1 atom stereocenters. The van der Waals surface area contributed by atoms with Gasteiger partial charge in [0.05, 0.1) is 31.8 Å². The third-order valence-electron chi connectivity index (χ3n) is 2.96. The molecule has 0 bridgehead atoms. The second kappa shape index (κ2) is 7.83. The summed E-state index contributed by atoms with van der Waals surface area (Å²) in [6.45, 7) is 1.85. The summed E-state index contributed by atoms with van der Waals surface area (Å²) in [5.74, 6) is 0.769. The zero-order valence-corrected chi connectivity index (χ0v) is 12.8. The van der Waals surface area contributed by atoms with Crippen LogP contribution in [0.2, 0.25) is 0 Å². The second-order valence-corrected chi connectivity index (χ2v) is 4.71. The molecular weight excluding hydrogens is 300 g/mol. The fourth-order valence-electron chi connectivity index (χ4n) is 1.74. The molecule has 8 nitrogen and oxygen atoms in total. The molecule has 8 heteroatoms. The number of methoxy groups -OCH3 is 1. The Morgan fingerprint density at radius 3 is 2.78 bits per heavy atom. The minimum atomic E-state index is -0.698. The summed E-state index contributed by atoms with van der Waals surface area (Å²) in [5.41, 5.74) is 0.492. The molecule has 0 aliphatic heterocycles. The fraction of sp³-hybridized carbons (Fsp3) is 0.267. The summed E-state index contributed by atoms with van der Waals surface area (Å²) in [7, 11) is 1.51. The Labute approximate surface area is 133 Å². The Bertz CT molecular complexity index is 640. The van der Waals surface area contributed by atoms with E-state index in [4.69, 9.17) is 9.15 Å². The third-order valence-corrected chi connectivity index (χ3v) is 2.96. The van der Waals surface area contributed by atoms with Crippen molar-refractivity contribution in [3.63, 3.8) is 0 Å². The predicted octanol–water partition coefficient (Wildman–Crippen LogP) is 1.51. The fourth-order valence-corrected chi connectivity index (χ4v) is 1.74. The number of ether oxygens (including phenoxy) is 1. The lowest BCUT2D eigenvalue weighted by Crippen LogP contribution is -2.46. The van der Waals surface area contributed by atoms with E-state index < -0.39 is 12.1 Å². The van der Waals surface area contributed by atoms with E-state index in [-0.39, 0.29) is 12.5 Å². The molecule has 0 aliphatic carbocycles. The molecule has 2 aromatic rings. The molecule has 0 saturated carbocycles. The van der Waals surface area contributed by atoms with Crippen molar-refractivity contribution < 1.29 is 18.7 Å². The Morgan fingerprint density at radius 2 is 2.17 bits per heavy atom. The van der Waals surface area contributed by atoms with Gasteiger partial charge in [-0.25, -0.2) is 9.78 Å². The first-order valence-electron chi connectivity index (χ1n) is 6.96. The van der Waals surface area contributed by atoms with Crippen LogP contribution < -0.4 is 20.7 Å². The van der Waals surface area contributed by atoms with Crippen molar-refractivity contribution in [3.8, 4) is 5.88 Å². The highest BCUT2D eigenvalue weighted by Gasteiger charge is 2.15. The normalized spacial score (nSPS) is 11.4. The van der Waals surface area contributed by atoms with Crippen LogP contribution >= 0.6 is 0 Å². The van der Waals surface area contributed by atoms with Crippen LogP contribution in [0.4, 0.5) is 10.5 Å². The van der Waals surface area contributed by atoms with E-state index in [1.54, 1.807) is 31.2 Å². The van der Waals surface area contributed by atoms with E-state index >= 15 is 0 Å². The van der Waals surface area contributed by atoms with Gasteiger partial charge in [-0.3, -0.25) is 4.79 Å². The van der Waals surface area contributed by atoms with E-state index in [1.165, 1.54) is 19.6 Å². The lowest BCUT2D eigenvalue weighted by molar-refractivity contribution is -0.122. The number of hydrogen-bond donors (Lipinski definition) is 3. The van der Waals surface area contributed by atoms with Crippen LogP contribution in [0.5, 0.6) is 5.88 Å². The van der Waals surface area contributed by atoms with E-state index in [2.05, 4.69) is 20.9 Å². The largest absolute Gasteiger partial charge is 0.481 e. The second-order valence-electron chi connectivity index (χ2n) is 4.71. The summed E-state index contributed by atoms with van der Waals surface area (Å²) in [5, 5.41) is 7.78. The van der Waals surface area contributed by atoms with Crippen LogP contribution in [-0.2, 0) is 11.3 Å². The van der Waals surface area contributed by atoms with Crippen molar-refractivity contribution in [1.82, 2.24) is 15.6 Å². The number of nitrogens with one attached hydrogen (secondary N) is 3. The molecule has 0 fully saturated rings. The van der Waals surface area contributed by atoms with Gasteiger partial charge in [0, 0.05) is 6.07 Å². The van der Waals surface area contributed by atoms with Crippen LogP contribution in [0, 0.1) is 0 Å². The molecule has 2 aromatic heterocycles. The number of nitrogens with zero attached hydrogens (tertiary/aromatic N) is 1. The Balaban J connectivity index is 1.77. The standard InChI is InChI=1S/C15H18N4O4/c1-10(14(20)17-9-12-4-3-7-23-12)18-15(21)19-11-5-6-13(22-2)16-8-11/h3-8,10H,9H2,1-2H3,(H,17,20)(H2,18,19,21). The van der Waals surface area contributed by atoms with Gasteiger partial charge in [0.25, 0.3) is 0 Å². The van der Waals surface area contributed by atoms with E-state index in [9.17, 15) is 9.59 Å². The molecule has 122 valence electrons. The van der Waals surface area contributed by atoms with Crippen LogP contribution in [0.1, 0.15) is 12.7 Å². The van der Waals surface area contributed by atoms with Gasteiger partial charge in [-0.05, 0) is 25.1 Å². The maximum atomic E-state index is 11.9. The first-order chi connectivity index (χ1) is 11.1. The zero-order valence-electron chi connectivity index (χ0n) is 12.8. The number of carbonyl (C=O) groups excluding carboxylic acids is 2. The van der Waals surface area contributed by atoms with Crippen molar-refractivity contribution in [2.24, 2.45) is 0 Å². The predicted molar refractivity (Wildman–Crippen MR) is 83.0 cm³/mol. The SMILES string of the molecule is COc1ccc(NC(=O)NC(C)C(=O)NCc2ccco2)cn1. The molecule has 0 aromatic carbocycles. The van der Waals surface area contributed by atoms with Gasteiger partial charge in [0.1, 0.15) is 11.8 Å². The number of carbonyl (C=O) groups is 2. The highest BCUT2D eigenvalue weighted by atomic mass is 16.5. The van der Waals surface area contributed by atoms with Gasteiger partial charge in [0.2, 0.25) is 11.8 Å². The van der Waals surface area contributed by atoms with Crippen molar-refractivity contribution in [3.05, 3.63) is 42.5 Å². The number of aromatic nitrogens is 1. The number of urea groups is 1. The number of furan rings is 1. The van der Waals surface area contributed by atoms with Crippen molar-refractivity contribution in [2.45, 2.75) is 19.5 Å². The molecule has 0 radical (unpaired) electrons. The van der Waals surface area contributed by atoms with Gasteiger partial charge >= 0.3 is 6.03 Å². The highest BCUT2D eigenvalue weighted by molar-refractivity contribution is 5.93. The molecule has 1 unspecified atom stereocenters. The van der Waals surface area contributed by atoms with Gasteiger partial charge in [0.15, 0.2) is 0 Å². The summed E-state index contributed by atoms with van der Waals surface area (Å²) < 4.78 is 10.0. The number of rotatable bonds is 6. The average molecular weight is 318 g/mol. The van der Waals surface area contributed by atoms with Crippen LogP contribution in [0.3, 0.4) is 0 Å². The summed E-state index contributed by atoms with van der Waals surface area (Å²) in [6.07, 6.45) is 2.99. The molecule has 2 heterocycles. The van der Waals surface area contributed by atoms with Gasteiger partial charge in [-0.2, -0.15) is 0 Å². The van der Waals surface area contributed by atoms with E-state index in [1.807, 2.05) is 0 Å². The molecule has 2 rings (SSSR count). The number of anilines is 1. The minimum absolute atomic E-state index is 0.266. The van der Waals surface area contributed by atoms with Gasteiger partial charge in [-0.1, -0.05) is 0 Å². The molecule has 3 amide bonds. The van der Waals surface area contributed by atoms with E-state index in [0.29, 0.717) is 17.3 Å². The molecular formula is C15H18N4O4. The quantitative estimate of drug-likeness (QED) is 0.748. The summed E-state index contributed by atoms with van der Waals surface area (Å²) in [6, 6.07) is 5.55. The first kappa shape index (κ1) is 16.3. The van der Waals surface area contributed by atoms with Gasteiger partial charge in [-0.15, -0.1) is 0 Å². The lowest BCUT2D eigenvalue weighted by atomic mass is 10.3. The van der Waals surface area contributed by atoms with Crippen LogP contribution in [0.15, 0.2) is 41.1 Å².